The van der Waals surface area contributed by atoms with E-state index >= 15 is 0 Å². The number of carbonyl (C=O) groups is 1. The lowest BCUT2D eigenvalue weighted by Crippen LogP contribution is -2.32. The summed E-state index contributed by atoms with van der Waals surface area (Å²) in [6.07, 6.45) is -0.548. The molecule has 3 nitrogen and oxygen atoms in total. The van der Waals surface area contributed by atoms with Crippen molar-refractivity contribution in [2.45, 2.75) is 13.0 Å². The molecular formula is C9H7ClO3. The average Bonchev–Trinajstić information content (AvgIpc) is 2.08. The molecule has 13 heavy (non-hydrogen) atoms. The van der Waals surface area contributed by atoms with Crippen LogP contribution in [0.3, 0.4) is 0 Å². The van der Waals surface area contributed by atoms with Crippen LogP contribution in [0.2, 0.25) is 5.02 Å². The van der Waals surface area contributed by atoms with Gasteiger partial charge in [0.2, 0.25) is 0 Å². The molecule has 0 bridgehead atoms. The summed E-state index contributed by atoms with van der Waals surface area (Å²) >= 11 is 5.71. The SMILES string of the molecule is CC1Oc2ccc(Cl)cc2OC1=O. The molecule has 0 aromatic heterocycles. The number of carbonyl (C=O) groups excluding carboxylic acids is 1. The van der Waals surface area contributed by atoms with E-state index in [9.17, 15) is 4.79 Å². The second-order valence-electron chi connectivity index (χ2n) is 2.77. The minimum absolute atomic E-state index is 0.385. The third kappa shape index (κ3) is 1.47. The summed E-state index contributed by atoms with van der Waals surface area (Å²) < 4.78 is 10.2. The monoisotopic (exact) mass is 198 g/mol. The normalized spacial score (nSPS) is 20.2. The molecule has 0 saturated heterocycles. The third-order valence-electron chi connectivity index (χ3n) is 1.75. The predicted octanol–water partition coefficient (Wildman–Crippen LogP) is 2.03. The fraction of sp³-hybridized carbons (Fsp3) is 0.222. The van der Waals surface area contributed by atoms with Gasteiger partial charge in [0.15, 0.2) is 17.6 Å². The van der Waals surface area contributed by atoms with Gasteiger partial charge in [0.1, 0.15) is 0 Å². The van der Waals surface area contributed by atoms with Crippen molar-refractivity contribution in [1.82, 2.24) is 0 Å². The Hall–Kier alpha value is -1.22. The van der Waals surface area contributed by atoms with Crippen molar-refractivity contribution >= 4 is 17.6 Å². The first kappa shape index (κ1) is 8.38. The zero-order chi connectivity index (χ0) is 9.42. The van der Waals surface area contributed by atoms with E-state index in [1.165, 1.54) is 0 Å². The second kappa shape index (κ2) is 2.92. The minimum atomic E-state index is -0.548. The third-order valence-corrected chi connectivity index (χ3v) is 1.99. The van der Waals surface area contributed by atoms with Gasteiger partial charge in [-0.3, -0.25) is 0 Å². The molecule has 1 heterocycles. The minimum Gasteiger partial charge on any atom is -0.475 e. The molecule has 1 atom stereocenters. The molecule has 0 amide bonds. The van der Waals surface area contributed by atoms with Crippen LogP contribution in [0.4, 0.5) is 0 Å². The molecule has 1 aliphatic rings. The van der Waals surface area contributed by atoms with Gasteiger partial charge in [0, 0.05) is 11.1 Å². The molecule has 1 aromatic carbocycles. The summed E-state index contributed by atoms with van der Waals surface area (Å²) in [5.41, 5.74) is 0. The van der Waals surface area contributed by atoms with Crippen LogP contribution in [0.1, 0.15) is 6.92 Å². The number of rotatable bonds is 0. The van der Waals surface area contributed by atoms with Gasteiger partial charge in [-0.25, -0.2) is 4.79 Å². The van der Waals surface area contributed by atoms with E-state index in [1.54, 1.807) is 25.1 Å². The summed E-state index contributed by atoms with van der Waals surface area (Å²) in [7, 11) is 0. The largest absolute Gasteiger partial charge is 0.475 e. The molecule has 4 heteroatoms. The van der Waals surface area contributed by atoms with Gasteiger partial charge < -0.3 is 9.47 Å². The molecular weight excluding hydrogens is 192 g/mol. The number of fused-ring (bicyclic) bond motifs is 1. The summed E-state index contributed by atoms with van der Waals surface area (Å²) in [6, 6.07) is 4.92. The van der Waals surface area contributed by atoms with Crippen LogP contribution >= 0.6 is 11.6 Å². The van der Waals surface area contributed by atoms with Crippen molar-refractivity contribution < 1.29 is 14.3 Å². The maximum Gasteiger partial charge on any atom is 0.352 e. The molecule has 0 spiro atoms. The van der Waals surface area contributed by atoms with Crippen LogP contribution in [0, 0.1) is 0 Å². The average molecular weight is 199 g/mol. The topological polar surface area (TPSA) is 35.5 Å². The highest BCUT2D eigenvalue weighted by Crippen LogP contribution is 2.34. The van der Waals surface area contributed by atoms with E-state index in [0.29, 0.717) is 16.5 Å². The zero-order valence-corrected chi connectivity index (χ0v) is 7.67. The number of ether oxygens (including phenoxy) is 2. The van der Waals surface area contributed by atoms with Crippen molar-refractivity contribution in [1.29, 1.82) is 0 Å². The first-order chi connectivity index (χ1) is 6.16. The van der Waals surface area contributed by atoms with Crippen molar-refractivity contribution in [3.8, 4) is 11.5 Å². The van der Waals surface area contributed by atoms with E-state index in [0.717, 1.165) is 0 Å². The molecule has 68 valence electrons. The van der Waals surface area contributed by atoms with Crippen molar-refractivity contribution in [2.24, 2.45) is 0 Å². The molecule has 0 N–H and O–H groups in total. The summed E-state index contributed by atoms with van der Waals surface area (Å²) in [5.74, 6) is 0.543. The number of benzene rings is 1. The Balaban J connectivity index is 2.42. The summed E-state index contributed by atoms with van der Waals surface area (Å²) in [4.78, 5) is 11.1. The van der Waals surface area contributed by atoms with Crippen LogP contribution in [0.25, 0.3) is 0 Å². The highest BCUT2D eigenvalue weighted by molar-refractivity contribution is 6.30. The number of hydrogen-bond donors (Lipinski definition) is 0. The van der Waals surface area contributed by atoms with E-state index < -0.39 is 12.1 Å². The maximum absolute atomic E-state index is 11.1. The van der Waals surface area contributed by atoms with Gasteiger partial charge in [-0.15, -0.1) is 0 Å². The van der Waals surface area contributed by atoms with Crippen LogP contribution < -0.4 is 9.47 Å². The van der Waals surface area contributed by atoms with Gasteiger partial charge in [-0.05, 0) is 19.1 Å². The van der Waals surface area contributed by atoms with Crippen LogP contribution in [-0.4, -0.2) is 12.1 Å². The van der Waals surface area contributed by atoms with Crippen molar-refractivity contribution in [3.63, 3.8) is 0 Å². The first-order valence-corrected chi connectivity index (χ1v) is 4.22. The Morgan fingerprint density at radius 3 is 2.92 bits per heavy atom. The van der Waals surface area contributed by atoms with Gasteiger partial charge in [0.25, 0.3) is 0 Å². The Morgan fingerprint density at radius 1 is 1.38 bits per heavy atom. The van der Waals surface area contributed by atoms with Crippen LogP contribution in [0.5, 0.6) is 11.5 Å². The fourth-order valence-electron chi connectivity index (χ4n) is 1.09. The fourth-order valence-corrected chi connectivity index (χ4v) is 1.25. The lowest BCUT2D eigenvalue weighted by molar-refractivity contribution is -0.144. The second-order valence-corrected chi connectivity index (χ2v) is 3.21. The van der Waals surface area contributed by atoms with E-state index in [4.69, 9.17) is 21.1 Å². The maximum atomic E-state index is 11.1. The number of esters is 1. The first-order valence-electron chi connectivity index (χ1n) is 3.85. The quantitative estimate of drug-likeness (QED) is 0.473. The molecule has 0 aliphatic carbocycles. The molecule has 1 unspecified atom stereocenters. The van der Waals surface area contributed by atoms with Crippen LogP contribution in [0.15, 0.2) is 18.2 Å². The summed E-state index contributed by atoms with van der Waals surface area (Å²) in [6.45, 7) is 1.64. The number of hydrogen-bond acceptors (Lipinski definition) is 3. The molecule has 0 saturated carbocycles. The Kier molecular flexibility index (Phi) is 1.88. The lowest BCUT2D eigenvalue weighted by atomic mass is 10.3. The predicted molar refractivity (Wildman–Crippen MR) is 47.2 cm³/mol. The molecule has 2 rings (SSSR count). The molecule has 0 radical (unpaired) electrons. The van der Waals surface area contributed by atoms with E-state index in [1.807, 2.05) is 0 Å². The molecule has 0 fully saturated rings. The van der Waals surface area contributed by atoms with Gasteiger partial charge in [0.05, 0.1) is 0 Å². The standard InChI is InChI=1S/C9H7ClO3/c1-5-9(11)13-8-4-6(10)2-3-7(8)12-5/h2-5H,1H3. The zero-order valence-electron chi connectivity index (χ0n) is 6.91. The Labute approximate surface area is 80.2 Å². The van der Waals surface area contributed by atoms with E-state index in [2.05, 4.69) is 0 Å². The highest BCUT2D eigenvalue weighted by Gasteiger charge is 2.25. The van der Waals surface area contributed by atoms with Crippen molar-refractivity contribution in [2.75, 3.05) is 0 Å². The number of halogens is 1. The molecule has 1 aliphatic heterocycles. The van der Waals surface area contributed by atoms with E-state index in [-0.39, 0.29) is 0 Å². The highest BCUT2D eigenvalue weighted by atomic mass is 35.5. The molecule has 1 aromatic rings. The Bertz CT molecular complexity index is 362. The Morgan fingerprint density at radius 2 is 2.15 bits per heavy atom. The van der Waals surface area contributed by atoms with Gasteiger partial charge in [-0.2, -0.15) is 0 Å². The smallest absolute Gasteiger partial charge is 0.352 e. The van der Waals surface area contributed by atoms with Gasteiger partial charge in [-0.1, -0.05) is 11.6 Å². The van der Waals surface area contributed by atoms with Crippen LogP contribution in [-0.2, 0) is 4.79 Å². The lowest BCUT2D eigenvalue weighted by Gasteiger charge is -2.21. The summed E-state index contributed by atoms with van der Waals surface area (Å²) in [5, 5.41) is 0.518. The van der Waals surface area contributed by atoms with Gasteiger partial charge >= 0.3 is 5.97 Å². The van der Waals surface area contributed by atoms with Crippen molar-refractivity contribution in [3.05, 3.63) is 23.2 Å².